The third kappa shape index (κ3) is 6.03. The lowest BCUT2D eigenvalue weighted by molar-refractivity contribution is -0.153. The Labute approximate surface area is 229 Å². The van der Waals surface area contributed by atoms with Crippen molar-refractivity contribution < 1.29 is 24.2 Å². The molecule has 3 unspecified atom stereocenters. The van der Waals surface area contributed by atoms with Gasteiger partial charge in [0.15, 0.2) is 6.10 Å². The number of aliphatic hydroxyl groups excluding tert-OH is 1. The molecule has 2 aromatic rings. The first-order valence-electron chi connectivity index (χ1n) is 12.3. The molecule has 12 nitrogen and oxygen atoms in total. The van der Waals surface area contributed by atoms with Crippen molar-refractivity contribution in [2.24, 2.45) is 7.05 Å². The second kappa shape index (κ2) is 12.7. The molecular formula is C24H31N7O5S2. The predicted octanol–water partition coefficient (Wildman–Crippen LogP) is 0.575. The highest BCUT2D eigenvalue weighted by atomic mass is 32.2. The smallest absolute Gasteiger partial charge is 0.355 e. The number of hydrogen-bond donors (Lipinski definition) is 2. The highest BCUT2D eigenvalue weighted by molar-refractivity contribution is 8.01. The number of tetrazole rings is 1. The molecule has 38 heavy (non-hydrogen) atoms. The van der Waals surface area contributed by atoms with Gasteiger partial charge in [-0.15, -0.1) is 16.9 Å². The van der Waals surface area contributed by atoms with Crippen LogP contribution in [0.2, 0.25) is 0 Å². The van der Waals surface area contributed by atoms with Gasteiger partial charge in [0, 0.05) is 25.1 Å². The van der Waals surface area contributed by atoms with Crippen LogP contribution in [-0.2, 0) is 26.2 Å². The third-order valence-electron chi connectivity index (χ3n) is 6.39. The molecule has 2 N–H and O–H groups in total. The molecule has 204 valence electrons. The molecule has 1 fully saturated rings. The van der Waals surface area contributed by atoms with E-state index in [4.69, 9.17) is 4.74 Å². The average Bonchev–Trinajstić information content (AvgIpc) is 3.36. The molecule has 2 aliphatic heterocycles. The number of hydrogen-bond acceptors (Lipinski definition) is 11. The lowest BCUT2D eigenvalue weighted by Gasteiger charge is -2.49. The van der Waals surface area contributed by atoms with Crippen molar-refractivity contribution in [2.75, 3.05) is 37.7 Å². The largest absolute Gasteiger partial charge is 0.460 e. The molecule has 3 atom stereocenters. The summed E-state index contributed by atoms with van der Waals surface area (Å²) in [6.07, 6.45) is -1.40. The summed E-state index contributed by atoms with van der Waals surface area (Å²) in [6.45, 7) is 6.53. The van der Waals surface area contributed by atoms with E-state index in [-0.39, 0.29) is 12.3 Å². The molecule has 2 amide bonds. The minimum atomic E-state index is -1.40. The van der Waals surface area contributed by atoms with Gasteiger partial charge < -0.3 is 20.1 Å². The van der Waals surface area contributed by atoms with Gasteiger partial charge in [0.05, 0.1) is 0 Å². The zero-order valence-electron chi connectivity index (χ0n) is 21.4. The Morgan fingerprint density at radius 3 is 2.68 bits per heavy atom. The Hall–Kier alpha value is -2.94. The third-order valence-corrected chi connectivity index (χ3v) is 8.83. The number of likely N-dealkylation sites (N-methyl/N-ethyl adjacent to an activating group) is 1. The summed E-state index contributed by atoms with van der Waals surface area (Å²) in [5.74, 6) is -0.813. The number of carbonyl (C=O) groups is 3. The van der Waals surface area contributed by atoms with E-state index in [0.717, 1.165) is 18.7 Å². The van der Waals surface area contributed by atoms with Crippen molar-refractivity contribution >= 4 is 41.3 Å². The molecule has 2 aliphatic rings. The number of benzene rings is 1. The Balaban J connectivity index is 1.48. The minimum Gasteiger partial charge on any atom is -0.460 e. The van der Waals surface area contributed by atoms with Gasteiger partial charge in [0.1, 0.15) is 23.7 Å². The second-order valence-corrected chi connectivity index (χ2v) is 10.7. The molecular weight excluding hydrogens is 530 g/mol. The van der Waals surface area contributed by atoms with Crippen molar-refractivity contribution in [1.82, 2.24) is 35.3 Å². The topological polar surface area (TPSA) is 143 Å². The van der Waals surface area contributed by atoms with E-state index in [1.807, 2.05) is 13.8 Å². The van der Waals surface area contributed by atoms with E-state index in [2.05, 4.69) is 25.7 Å². The number of nitrogens with zero attached hydrogens (tertiary/aromatic N) is 6. The summed E-state index contributed by atoms with van der Waals surface area (Å²) in [4.78, 5) is 42.7. The van der Waals surface area contributed by atoms with E-state index in [1.165, 1.54) is 33.1 Å². The van der Waals surface area contributed by atoms with Crippen LogP contribution in [0.4, 0.5) is 0 Å². The molecule has 0 radical (unpaired) electrons. The van der Waals surface area contributed by atoms with Gasteiger partial charge in [-0.2, -0.15) is 0 Å². The van der Waals surface area contributed by atoms with Crippen molar-refractivity contribution in [2.45, 2.75) is 36.5 Å². The number of rotatable bonds is 12. The Morgan fingerprint density at radius 1 is 1.29 bits per heavy atom. The van der Waals surface area contributed by atoms with E-state index >= 15 is 0 Å². The number of carbonyl (C=O) groups excluding carboxylic acids is 3. The highest BCUT2D eigenvalue weighted by Crippen LogP contribution is 2.42. The number of esters is 1. The molecule has 3 heterocycles. The fraction of sp³-hybridized carbons (Fsp3) is 0.500. The van der Waals surface area contributed by atoms with Crippen LogP contribution in [-0.4, -0.2) is 102 Å². The first-order valence-corrected chi connectivity index (χ1v) is 14.3. The van der Waals surface area contributed by atoms with Crippen LogP contribution in [0.15, 0.2) is 46.8 Å². The monoisotopic (exact) mass is 561 g/mol. The van der Waals surface area contributed by atoms with E-state index in [1.54, 1.807) is 37.4 Å². The van der Waals surface area contributed by atoms with Gasteiger partial charge in [-0.1, -0.05) is 55.9 Å². The van der Waals surface area contributed by atoms with E-state index < -0.39 is 35.3 Å². The van der Waals surface area contributed by atoms with Gasteiger partial charge in [-0.3, -0.25) is 14.5 Å². The number of aromatic nitrogens is 4. The lowest BCUT2D eigenvalue weighted by atomic mass is 10.0. The van der Waals surface area contributed by atoms with Crippen LogP contribution >= 0.6 is 23.5 Å². The quantitative estimate of drug-likeness (QED) is 0.213. The minimum absolute atomic E-state index is 0.195. The van der Waals surface area contributed by atoms with Gasteiger partial charge in [-0.05, 0) is 34.7 Å². The number of ether oxygens (including phenoxy) is 1. The van der Waals surface area contributed by atoms with Crippen molar-refractivity contribution in [1.29, 1.82) is 0 Å². The summed E-state index contributed by atoms with van der Waals surface area (Å²) in [7, 11) is 1.72. The van der Waals surface area contributed by atoms with Crippen LogP contribution in [0.5, 0.6) is 0 Å². The number of thioether (sulfide) groups is 2. The molecule has 0 bridgehead atoms. The molecule has 4 rings (SSSR count). The van der Waals surface area contributed by atoms with Gasteiger partial charge in [0.2, 0.25) is 5.16 Å². The summed E-state index contributed by atoms with van der Waals surface area (Å²) in [5.41, 5.74) is 1.37. The van der Waals surface area contributed by atoms with Crippen LogP contribution < -0.4 is 5.32 Å². The molecule has 0 saturated carbocycles. The fourth-order valence-corrected chi connectivity index (χ4v) is 6.51. The number of amides is 2. The summed E-state index contributed by atoms with van der Waals surface area (Å²) in [6, 6.07) is 7.64. The van der Waals surface area contributed by atoms with Crippen LogP contribution in [0.25, 0.3) is 0 Å². The maximum absolute atomic E-state index is 13.3. The van der Waals surface area contributed by atoms with E-state index in [9.17, 15) is 19.5 Å². The van der Waals surface area contributed by atoms with Crippen molar-refractivity contribution in [3.05, 3.63) is 47.2 Å². The SMILES string of the molecule is CCN(CC)CCOC(=O)C1=C(CSc2nnnn2C)CSC2C(NC(=O)C(O)c3ccccc3)C(=O)N12. The van der Waals surface area contributed by atoms with E-state index in [0.29, 0.717) is 28.8 Å². The summed E-state index contributed by atoms with van der Waals surface area (Å²) >= 11 is 2.80. The second-order valence-electron chi connectivity index (χ2n) is 8.70. The number of aryl methyl sites for hydroxylation is 1. The summed E-state index contributed by atoms with van der Waals surface area (Å²) in [5, 5.41) is 24.6. The molecule has 0 aliphatic carbocycles. The molecule has 1 saturated heterocycles. The molecule has 1 aromatic carbocycles. The standard InChI is InChI=1S/C24H31N7O5S2/c1-4-30(5-2)11-12-36-23(35)18-16(14-38-24-26-27-28-29(24)3)13-37-22-17(21(34)31(18)22)25-20(33)19(32)15-9-7-6-8-10-15/h6-10,17,19,22,32H,4-5,11-14H2,1-3H3,(H,25,33). The first kappa shape index (κ1) is 28.1. The normalized spacial score (nSPS) is 19.7. The molecule has 1 aromatic heterocycles. The van der Waals surface area contributed by atoms with Crippen molar-refractivity contribution in [3.63, 3.8) is 0 Å². The Bertz CT molecular complexity index is 1190. The zero-order chi connectivity index (χ0) is 27.2. The van der Waals surface area contributed by atoms with Crippen molar-refractivity contribution in [3.8, 4) is 0 Å². The van der Waals surface area contributed by atoms with Crippen LogP contribution in [0, 0.1) is 0 Å². The van der Waals surface area contributed by atoms with Gasteiger partial charge in [0.25, 0.3) is 11.8 Å². The zero-order valence-corrected chi connectivity index (χ0v) is 23.1. The number of aliphatic hydroxyl groups is 1. The average molecular weight is 562 g/mol. The fourth-order valence-electron chi connectivity index (χ4n) is 4.17. The summed E-state index contributed by atoms with van der Waals surface area (Å²) < 4.78 is 7.13. The first-order chi connectivity index (χ1) is 18.3. The number of nitrogens with one attached hydrogen (secondary N) is 1. The van der Waals surface area contributed by atoms with Crippen LogP contribution in [0.3, 0.4) is 0 Å². The Kier molecular flexibility index (Phi) is 9.41. The maximum atomic E-state index is 13.3. The number of fused-ring (bicyclic) bond motifs is 1. The molecule has 0 spiro atoms. The molecule has 14 heteroatoms. The van der Waals surface area contributed by atoms with Crippen LogP contribution in [0.1, 0.15) is 25.5 Å². The highest BCUT2D eigenvalue weighted by Gasteiger charge is 2.54. The predicted molar refractivity (Wildman–Crippen MR) is 142 cm³/mol. The Morgan fingerprint density at radius 2 is 2.03 bits per heavy atom. The van der Waals surface area contributed by atoms with Gasteiger partial charge in [-0.25, -0.2) is 9.48 Å². The van der Waals surface area contributed by atoms with Gasteiger partial charge >= 0.3 is 5.97 Å². The number of β-lactam (4-membered cyclic amide) rings is 1. The maximum Gasteiger partial charge on any atom is 0.355 e. The lowest BCUT2D eigenvalue weighted by Crippen LogP contribution is -2.71.